The van der Waals surface area contributed by atoms with Crippen LogP contribution in [0.3, 0.4) is 0 Å². The van der Waals surface area contributed by atoms with Crippen molar-refractivity contribution in [3.8, 4) is 5.75 Å². The summed E-state index contributed by atoms with van der Waals surface area (Å²) >= 11 is 0. The number of carbonyl (C=O) groups is 3. The normalized spacial score (nSPS) is 22.6. The van der Waals surface area contributed by atoms with Gasteiger partial charge in [-0.3, -0.25) is 19.3 Å². The van der Waals surface area contributed by atoms with E-state index in [1.54, 1.807) is 12.0 Å². The first kappa shape index (κ1) is 20.7. The van der Waals surface area contributed by atoms with Gasteiger partial charge in [0.2, 0.25) is 17.7 Å². The van der Waals surface area contributed by atoms with Gasteiger partial charge < -0.3 is 19.4 Å². The molecule has 3 aliphatic rings. The van der Waals surface area contributed by atoms with Crippen molar-refractivity contribution in [3.63, 3.8) is 0 Å². The maximum atomic E-state index is 13.0. The Hall–Kier alpha value is -2.61. The van der Waals surface area contributed by atoms with Gasteiger partial charge >= 0.3 is 0 Å². The van der Waals surface area contributed by atoms with E-state index in [1.165, 1.54) is 0 Å². The zero-order chi connectivity index (χ0) is 21.1. The quantitative estimate of drug-likeness (QED) is 0.713. The van der Waals surface area contributed by atoms with Gasteiger partial charge in [-0.15, -0.1) is 0 Å². The van der Waals surface area contributed by atoms with Crippen molar-refractivity contribution in [2.75, 3.05) is 64.4 Å². The summed E-state index contributed by atoms with van der Waals surface area (Å²) in [5.41, 5.74) is 0.764. The molecule has 3 fully saturated rings. The van der Waals surface area contributed by atoms with E-state index in [-0.39, 0.29) is 30.1 Å². The molecule has 30 heavy (non-hydrogen) atoms. The SMILES string of the molecule is COc1cccc(N2CC(C(=O)N3CCN(CC(=O)N4CCCC4)CC3)CC2=O)c1. The molecule has 0 spiro atoms. The average molecular weight is 415 g/mol. The molecule has 3 aliphatic heterocycles. The number of carbonyl (C=O) groups excluding carboxylic acids is 3. The third-order valence-corrected chi connectivity index (χ3v) is 6.34. The summed E-state index contributed by atoms with van der Waals surface area (Å²) in [7, 11) is 1.59. The average Bonchev–Trinajstić information content (AvgIpc) is 3.44. The molecule has 0 radical (unpaired) electrons. The minimum atomic E-state index is -0.318. The summed E-state index contributed by atoms with van der Waals surface area (Å²) < 4.78 is 5.24. The second-order valence-corrected chi connectivity index (χ2v) is 8.30. The van der Waals surface area contributed by atoms with Crippen LogP contribution in [-0.2, 0) is 14.4 Å². The Kier molecular flexibility index (Phi) is 6.22. The van der Waals surface area contributed by atoms with Crippen molar-refractivity contribution >= 4 is 23.4 Å². The number of hydrogen-bond acceptors (Lipinski definition) is 5. The van der Waals surface area contributed by atoms with E-state index in [1.807, 2.05) is 34.1 Å². The molecule has 0 aliphatic carbocycles. The number of amides is 3. The van der Waals surface area contributed by atoms with Gasteiger partial charge in [0.1, 0.15) is 5.75 Å². The first-order chi connectivity index (χ1) is 14.5. The third kappa shape index (κ3) is 4.43. The molecule has 0 aromatic heterocycles. The zero-order valence-corrected chi connectivity index (χ0v) is 17.6. The number of anilines is 1. The maximum Gasteiger partial charge on any atom is 0.236 e. The van der Waals surface area contributed by atoms with Crippen molar-refractivity contribution in [2.24, 2.45) is 5.92 Å². The highest BCUT2D eigenvalue weighted by atomic mass is 16.5. The Balaban J connectivity index is 1.29. The van der Waals surface area contributed by atoms with Crippen molar-refractivity contribution in [2.45, 2.75) is 19.3 Å². The van der Waals surface area contributed by atoms with E-state index in [0.717, 1.165) is 31.6 Å². The number of benzene rings is 1. The molecule has 8 heteroatoms. The second kappa shape index (κ2) is 9.04. The third-order valence-electron chi connectivity index (χ3n) is 6.34. The van der Waals surface area contributed by atoms with Gasteiger partial charge in [-0.2, -0.15) is 0 Å². The molecule has 0 saturated carbocycles. The molecular weight excluding hydrogens is 384 g/mol. The molecular formula is C22H30N4O4. The van der Waals surface area contributed by atoms with Crippen molar-refractivity contribution in [1.82, 2.24) is 14.7 Å². The number of likely N-dealkylation sites (tertiary alicyclic amines) is 1. The Morgan fingerprint density at radius 2 is 1.77 bits per heavy atom. The highest BCUT2D eigenvalue weighted by Gasteiger charge is 2.38. The molecule has 3 saturated heterocycles. The molecule has 3 amide bonds. The number of methoxy groups -OCH3 is 1. The molecule has 1 aromatic rings. The topological polar surface area (TPSA) is 73.4 Å². The Morgan fingerprint density at radius 3 is 2.47 bits per heavy atom. The first-order valence-electron chi connectivity index (χ1n) is 10.8. The van der Waals surface area contributed by atoms with E-state index in [0.29, 0.717) is 45.0 Å². The van der Waals surface area contributed by atoms with E-state index < -0.39 is 0 Å². The summed E-state index contributed by atoms with van der Waals surface area (Å²) in [4.78, 5) is 45.5. The summed E-state index contributed by atoms with van der Waals surface area (Å²) in [6, 6.07) is 7.37. The van der Waals surface area contributed by atoms with Crippen LogP contribution in [0.25, 0.3) is 0 Å². The smallest absolute Gasteiger partial charge is 0.236 e. The Labute approximate surface area is 177 Å². The van der Waals surface area contributed by atoms with Crippen LogP contribution in [0, 0.1) is 5.92 Å². The summed E-state index contributed by atoms with van der Waals surface area (Å²) in [6.07, 6.45) is 2.44. The van der Waals surface area contributed by atoms with Gasteiger partial charge in [0.15, 0.2) is 0 Å². The predicted molar refractivity (Wildman–Crippen MR) is 112 cm³/mol. The fourth-order valence-electron chi connectivity index (χ4n) is 4.54. The van der Waals surface area contributed by atoms with Gasteiger partial charge in [0.05, 0.1) is 19.6 Å². The molecule has 162 valence electrons. The van der Waals surface area contributed by atoms with Gasteiger partial charge in [-0.1, -0.05) is 6.07 Å². The van der Waals surface area contributed by atoms with Crippen LogP contribution >= 0.6 is 0 Å². The van der Waals surface area contributed by atoms with E-state index in [2.05, 4.69) is 4.90 Å². The zero-order valence-electron chi connectivity index (χ0n) is 17.6. The van der Waals surface area contributed by atoms with E-state index in [9.17, 15) is 14.4 Å². The lowest BCUT2D eigenvalue weighted by molar-refractivity contribution is -0.138. The molecule has 0 N–H and O–H groups in total. The molecule has 1 unspecified atom stereocenters. The molecule has 1 aromatic carbocycles. The summed E-state index contributed by atoms with van der Waals surface area (Å²) in [5, 5.41) is 0. The fourth-order valence-corrected chi connectivity index (χ4v) is 4.54. The van der Waals surface area contributed by atoms with Crippen molar-refractivity contribution in [1.29, 1.82) is 0 Å². The number of ether oxygens (including phenoxy) is 1. The summed E-state index contributed by atoms with van der Waals surface area (Å²) in [5.74, 6) is 0.578. The van der Waals surface area contributed by atoms with Crippen molar-refractivity contribution < 1.29 is 19.1 Å². The molecule has 4 rings (SSSR count). The molecule has 0 bridgehead atoms. The highest BCUT2D eigenvalue weighted by Crippen LogP contribution is 2.29. The Morgan fingerprint density at radius 1 is 1.03 bits per heavy atom. The molecule has 3 heterocycles. The number of piperazine rings is 1. The van der Waals surface area contributed by atoms with Gasteiger partial charge in [-0.05, 0) is 25.0 Å². The maximum absolute atomic E-state index is 13.0. The van der Waals surface area contributed by atoms with Crippen LogP contribution in [0.4, 0.5) is 5.69 Å². The standard InChI is InChI=1S/C22H30N4O4/c1-30-19-6-4-5-18(14-19)26-15-17(13-20(26)27)22(29)25-11-9-23(10-12-25)16-21(28)24-7-2-3-8-24/h4-6,14,17H,2-3,7-13,15-16H2,1H3. The van der Waals surface area contributed by atoms with Gasteiger partial charge in [0.25, 0.3) is 0 Å². The van der Waals surface area contributed by atoms with Gasteiger partial charge in [-0.25, -0.2) is 0 Å². The van der Waals surface area contributed by atoms with Gasteiger partial charge in [0, 0.05) is 64.0 Å². The van der Waals surface area contributed by atoms with Crippen LogP contribution in [0.2, 0.25) is 0 Å². The lowest BCUT2D eigenvalue weighted by atomic mass is 10.1. The van der Waals surface area contributed by atoms with E-state index >= 15 is 0 Å². The van der Waals surface area contributed by atoms with E-state index in [4.69, 9.17) is 4.74 Å². The largest absolute Gasteiger partial charge is 0.497 e. The molecule has 1 atom stereocenters. The lowest BCUT2D eigenvalue weighted by Gasteiger charge is -2.36. The monoisotopic (exact) mass is 414 g/mol. The van der Waals surface area contributed by atoms with Crippen LogP contribution in [0.5, 0.6) is 5.75 Å². The molecule has 8 nitrogen and oxygen atoms in total. The predicted octanol–water partition coefficient (Wildman–Crippen LogP) is 0.815. The highest BCUT2D eigenvalue weighted by molar-refractivity contribution is 6.00. The van der Waals surface area contributed by atoms with Crippen LogP contribution < -0.4 is 9.64 Å². The van der Waals surface area contributed by atoms with Crippen LogP contribution in [0.1, 0.15) is 19.3 Å². The second-order valence-electron chi connectivity index (χ2n) is 8.30. The fraction of sp³-hybridized carbons (Fsp3) is 0.591. The Bertz CT molecular complexity index is 800. The summed E-state index contributed by atoms with van der Waals surface area (Å²) in [6.45, 7) is 5.20. The number of nitrogens with zero attached hydrogens (tertiary/aromatic N) is 4. The first-order valence-corrected chi connectivity index (χ1v) is 10.8. The number of rotatable bonds is 5. The number of hydrogen-bond donors (Lipinski definition) is 0. The van der Waals surface area contributed by atoms with Crippen LogP contribution in [-0.4, -0.2) is 91.9 Å². The minimum Gasteiger partial charge on any atom is -0.497 e. The lowest BCUT2D eigenvalue weighted by Crippen LogP contribution is -2.52. The van der Waals surface area contributed by atoms with Crippen LogP contribution in [0.15, 0.2) is 24.3 Å². The van der Waals surface area contributed by atoms with Crippen molar-refractivity contribution in [3.05, 3.63) is 24.3 Å². The minimum absolute atomic E-state index is 0.0311.